The van der Waals surface area contributed by atoms with Crippen molar-refractivity contribution in [2.45, 2.75) is 89.7 Å². The standard InChI is InChI=1S/C35H42N2O6/c1-2-3-4-5-6-11-33(38)36-26-14-18-28(19-15-26)43-30-22-20-29(21-23-30)42-27-16-12-25(13-17-27)24-34(39)37-32-10-8-7-9-31(32)35(40)41/h7-10,12-13,16-17,20-23,26,28H,2-6,11,14-15,18-19,24H2,1H3,(H,36,38)(H,37,39)(H,40,41). The Labute approximate surface area is 253 Å². The predicted molar refractivity (Wildman–Crippen MR) is 167 cm³/mol. The highest BCUT2D eigenvalue weighted by atomic mass is 16.5. The molecule has 0 atom stereocenters. The number of carboxylic acids is 1. The van der Waals surface area contributed by atoms with Crippen LogP contribution in [-0.2, 0) is 16.0 Å². The number of benzene rings is 3. The largest absolute Gasteiger partial charge is 0.490 e. The summed E-state index contributed by atoms with van der Waals surface area (Å²) in [4.78, 5) is 36.1. The summed E-state index contributed by atoms with van der Waals surface area (Å²) in [5, 5.41) is 15.2. The van der Waals surface area contributed by atoms with Gasteiger partial charge in [0.05, 0.1) is 23.8 Å². The summed E-state index contributed by atoms with van der Waals surface area (Å²) in [7, 11) is 0. The van der Waals surface area contributed by atoms with Crippen LogP contribution in [0.2, 0.25) is 0 Å². The smallest absolute Gasteiger partial charge is 0.337 e. The van der Waals surface area contributed by atoms with Crippen LogP contribution in [0.25, 0.3) is 0 Å². The summed E-state index contributed by atoms with van der Waals surface area (Å²) in [5.74, 6) is 0.877. The molecule has 4 rings (SSSR count). The highest BCUT2D eigenvalue weighted by Gasteiger charge is 2.23. The van der Waals surface area contributed by atoms with Gasteiger partial charge in [-0.15, -0.1) is 0 Å². The first-order chi connectivity index (χ1) is 20.9. The molecule has 3 N–H and O–H groups in total. The third-order valence-electron chi connectivity index (χ3n) is 7.63. The van der Waals surface area contributed by atoms with Gasteiger partial charge >= 0.3 is 5.97 Å². The summed E-state index contributed by atoms with van der Waals surface area (Å²) < 4.78 is 12.2. The second-order valence-corrected chi connectivity index (χ2v) is 11.1. The van der Waals surface area contributed by atoms with E-state index in [-0.39, 0.29) is 41.6 Å². The molecule has 3 aromatic carbocycles. The Bertz CT molecular complexity index is 1330. The fourth-order valence-corrected chi connectivity index (χ4v) is 5.26. The highest BCUT2D eigenvalue weighted by Crippen LogP contribution is 2.28. The van der Waals surface area contributed by atoms with Crippen molar-refractivity contribution in [3.05, 3.63) is 83.9 Å². The Morgan fingerprint density at radius 1 is 0.767 bits per heavy atom. The Hall–Kier alpha value is -4.33. The Balaban J connectivity index is 1.17. The van der Waals surface area contributed by atoms with Crippen LogP contribution >= 0.6 is 0 Å². The average molecular weight is 587 g/mol. The molecule has 1 aliphatic rings. The van der Waals surface area contributed by atoms with Gasteiger partial charge in [-0.3, -0.25) is 9.59 Å². The van der Waals surface area contributed by atoms with E-state index in [9.17, 15) is 19.5 Å². The summed E-state index contributed by atoms with van der Waals surface area (Å²) >= 11 is 0. The molecule has 1 aliphatic carbocycles. The number of para-hydroxylation sites is 1. The summed E-state index contributed by atoms with van der Waals surface area (Å²) in [6.45, 7) is 2.20. The first kappa shape index (κ1) is 31.6. The quantitative estimate of drug-likeness (QED) is 0.159. The Morgan fingerprint density at radius 2 is 1.40 bits per heavy atom. The van der Waals surface area contributed by atoms with Crippen molar-refractivity contribution in [2.75, 3.05) is 5.32 Å². The predicted octanol–water partition coefficient (Wildman–Crippen LogP) is 7.53. The van der Waals surface area contributed by atoms with Crippen LogP contribution in [0.5, 0.6) is 17.2 Å². The van der Waals surface area contributed by atoms with Gasteiger partial charge in [0, 0.05) is 12.5 Å². The lowest BCUT2D eigenvalue weighted by molar-refractivity contribution is -0.122. The number of hydrogen-bond donors (Lipinski definition) is 3. The zero-order valence-electron chi connectivity index (χ0n) is 24.8. The Morgan fingerprint density at radius 3 is 2.07 bits per heavy atom. The Kier molecular flexibility index (Phi) is 12.0. The maximum atomic E-state index is 12.5. The van der Waals surface area contributed by atoms with E-state index >= 15 is 0 Å². The number of ether oxygens (including phenoxy) is 2. The van der Waals surface area contributed by atoms with Gasteiger partial charge in [-0.1, -0.05) is 56.9 Å². The van der Waals surface area contributed by atoms with Gasteiger partial charge in [0.2, 0.25) is 11.8 Å². The van der Waals surface area contributed by atoms with Crippen molar-refractivity contribution >= 4 is 23.5 Å². The molecule has 0 bridgehead atoms. The minimum Gasteiger partial charge on any atom is -0.490 e. The van der Waals surface area contributed by atoms with Crippen LogP contribution in [0.15, 0.2) is 72.8 Å². The van der Waals surface area contributed by atoms with Crippen molar-refractivity contribution < 1.29 is 29.0 Å². The first-order valence-corrected chi connectivity index (χ1v) is 15.3. The molecule has 0 aliphatic heterocycles. The molecular formula is C35H42N2O6. The summed E-state index contributed by atoms with van der Waals surface area (Å²) in [6.07, 6.45) is 10.3. The fraction of sp³-hybridized carbons (Fsp3) is 0.400. The molecule has 0 spiro atoms. The van der Waals surface area contributed by atoms with Crippen LogP contribution in [0, 0.1) is 0 Å². The molecule has 43 heavy (non-hydrogen) atoms. The van der Waals surface area contributed by atoms with Crippen molar-refractivity contribution in [3.8, 4) is 17.2 Å². The van der Waals surface area contributed by atoms with E-state index in [1.54, 1.807) is 30.3 Å². The molecule has 8 nitrogen and oxygen atoms in total. The molecule has 0 aromatic heterocycles. The number of rotatable bonds is 15. The maximum Gasteiger partial charge on any atom is 0.337 e. The number of nitrogens with one attached hydrogen (secondary N) is 2. The number of carbonyl (C=O) groups is 3. The molecule has 228 valence electrons. The van der Waals surface area contributed by atoms with Crippen molar-refractivity contribution in [1.82, 2.24) is 5.32 Å². The number of anilines is 1. The summed E-state index contributed by atoms with van der Waals surface area (Å²) in [6, 6.07) is 21.3. The SMILES string of the molecule is CCCCCCCC(=O)NC1CCC(Oc2ccc(Oc3ccc(CC(=O)Nc4ccccc4C(=O)O)cc3)cc2)CC1. The third-order valence-corrected chi connectivity index (χ3v) is 7.63. The summed E-state index contributed by atoms with van der Waals surface area (Å²) in [5.41, 5.74) is 1.10. The minimum atomic E-state index is -1.09. The van der Waals surface area contributed by atoms with Gasteiger partial charge in [0.1, 0.15) is 17.2 Å². The van der Waals surface area contributed by atoms with E-state index in [0.29, 0.717) is 17.9 Å². The molecule has 1 fully saturated rings. The maximum absolute atomic E-state index is 12.5. The zero-order valence-corrected chi connectivity index (χ0v) is 24.8. The lowest BCUT2D eigenvalue weighted by Crippen LogP contribution is -2.39. The van der Waals surface area contributed by atoms with E-state index in [0.717, 1.165) is 49.8 Å². The number of aromatic carboxylic acids is 1. The van der Waals surface area contributed by atoms with Gasteiger partial charge in [-0.05, 0) is 86.2 Å². The molecule has 0 radical (unpaired) electrons. The first-order valence-electron chi connectivity index (χ1n) is 15.3. The molecule has 2 amide bonds. The van der Waals surface area contributed by atoms with Gasteiger partial charge in [0.25, 0.3) is 0 Å². The van der Waals surface area contributed by atoms with Gasteiger partial charge in [0.15, 0.2) is 0 Å². The number of hydrogen-bond acceptors (Lipinski definition) is 5. The zero-order chi connectivity index (χ0) is 30.4. The monoisotopic (exact) mass is 586 g/mol. The van der Waals surface area contributed by atoms with Gasteiger partial charge in [-0.2, -0.15) is 0 Å². The van der Waals surface area contributed by atoms with Crippen LogP contribution < -0.4 is 20.1 Å². The lowest BCUT2D eigenvalue weighted by Gasteiger charge is -2.29. The van der Waals surface area contributed by atoms with Crippen molar-refractivity contribution in [1.29, 1.82) is 0 Å². The van der Waals surface area contributed by atoms with Crippen molar-refractivity contribution in [3.63, 3.8) is 0 Å². The van der Waals surface area contributed by atoms with Gasteiger partial charge in [-0.25, -0.2) is 4.79 Å². The number of amides is 2. The molecule has 0 heterocycles. The highest BCUT2D eigenvalue weighted by molar-refractivity contribution is 6.01. The van der Waals surface area contributed by atoms with Crippen LogP contribution in [0.4, 0.5) is 5.69 Å². The average Bonchev–Trinajstić information content (AvgIpc) is 3.00. The number of unbranched alkanes of at least 4 members (excludes halogenated alkanes) is 4. The fourth-order valence-electron chi connectivity index (χ4n) is 5.26. The lowest BCUT2D eigenvalue weighted by atomic mass is 9.92. The second kappa shape index (κ2) is 16.3. The normalized spacial score (nSPS) is 16.2. The molecule has 0 saturated heterocycles. The molecule has 3 aromatic rings. The minimum absolute atomic E-state index is 0.0486. The molecule has 1 saturated carbocycles. The topological polar surface area (TPSA) is 114 Å². The van der Waals surface area contributed by atoms with E-state index in [1.165, 1.54) is 25.3 Å². The van der Waals surface area contributed by atoms with Crippen molar-refractivity contribution in [2.24, 2.45) is 0 Å². The molecule has 0 unspecified atom stereocenters. The van der Waals surface area contributed by atoms with Crippen LogP contribution in [0.1, 0.15) is 87.1 Å². The van der Waals surface area contributed by atoms with E-state index in [1.807, 2.05) is 36.4 Å². The number of carboxylic acid groups (broad SMARTS) is 1. The molecular weight excluding hydrogens is 544 g/mol. The van der Waals surface area contributed by atoms with E-state index in [4.69, 9.17) is 9.47 Å². The van der Waals surface area contributed by atoms with Gasteiger partial charge < -0.3 is 25.2 Å². The molecule has 8 heteroatoms. The third kappa shape index (κ3) is 10.5. The second-order valence-electron chi connectivity index (χ2n) is 11.1. The van der Waals surface area contributed by atoms with E-state index in [2.05, 4.69) is 17.6 Å². The van der Waals surface area contributed by atoms with E-state index < -0.39 is 5.97 Å². The van der Waals surface area contributed by atoms with Crippen LogP contribution in [0.3, 0.4) is 0 Å². The van der Waals surface area contributed by atoms with Crippen LogP contribution in [-0.4, -0.2) is 35.0 Å². The number of carbonyl (C=O) groups excluding carboxylic acids is 2.